The topological polar surface area (TPSA) is 101 Å². The van der Waals surface area contributed by atoms with Crippen LogP contribution in [0.2, 0.25) is 0 Å². The van der Waals surface area contributed by atoms with Crippen LogP contribution in [0, 0.1) is 17.8 Å². The van der Waals surface area contributed by atoms with Crippen molar-refractivity contribution in [2.75, 3.05) is 46.1 Å². The third-order valence-corrected chi connectivity index (χ3v) is 12.9. The lowest BCUT2D eigenvalue weighted by molar-refractivity contribution is -0.161. The number of halogens is 6. The maximum Gasteiger partial charge on any atom is 0.425 e. The van der Waals surface area contributed by atoms with Crippen LogP contribution in [0.3, 0.4) is 0 Å². The molecule has 0 bridgehead atoms. The number of hydrogen-bond acceptors (Lipinski definition) is 8. The first-order chi connectivity index (χ1) is 27.7. The van der Waals surface area contributed by atoms with Gasteiger partial charge in [-0.15, -0.1) is 11.3 Å². The maximum atomic E-state index is 15.0. The molecule has 2 unspecified atom stereocenters. The van der Waals surface area contributed by atoms with E-state index in [0.717, 1.165) is 60.8 Å². The highest BCUT2D eigenvalue weighted by Gasteiger charge is 2.56. The Morgan fingerprint density at radius 2 is 1.71 bits per heavy atom. The summed E-state index contributed by atoms with van der Waals surface area (Å²) in [6.45, 7) is 3.33. The van der Waals surface area contributed by atoms with Gasteiger partial charge in [-0.1, -0.05) is 24.6 Å². The highest BCUT2D eigenvalue weighted by molar-refractivity contribution is 7.10. The molecule has 3 aliphatic rings. The predicted molar refractivity (Wildman–Crippen MR) is 205 cm³/mol. The van der Waals surface area contributed by atoms with Gasteiger partial charge in [0.25, 0.3) is 11.8 Å². The number of aliphatic hydroxyl groups excluding tert-OH is 1. The van der Waals surface area contributed by atoms with E-state index in [4.69, 9.17) is 14.2 Å². The van der Waals surface area contributed by atoms with E-state index in [0.29, 0.717) is 68.2 Å². The summed E-state index contributed by atoms with van der Waals surface area (Å²) in [6.07, 6.45) is -1.65. The first-order valence-electron chi connectivity index (χ1n) is 20.1. The first kappa shape index (κ1) is 43.7. The van der Waals surface area contributed by atoms with Crippen LogP contribution in [0.4, 0.5) is 26.3 Å². The first-order valence-corrected chi connectivity index (χ1v) is 21.0. The molecule has 2 amide bonds. The zero-order chi connectivity index (χ0) is 41.5. The standard InChI is InChI=1S/C42H51F6N3O6S/c1-2-55-21-15-36-40(57-32-24-37(58-27-32)42(46,47)48,16-6-18-51(36)38(53)33-25-49-17-11-34(33)41(43,44)45)39(54)50-19-12-28(13-20-50)23-30-7-3-4-10-35(30)56-22-14-29-8-5-9-31(29)26-52/h3-4,7,10-11,17,24-25,27-29,31,36,52H,2,5-6,8-9,12-16,18-23,26H2,1H3/t29?,31-,36?,40-/m0/s1. The molecule has 2 saturated heterocycles. The molecule has 58 heavy (non-hydrogen) atoms. The average molecular weight is 840 g/mol. The monoisotopic (exact) mass is 839 g/mol. The molecule has 4 heterocycles. The van der Waals surface area contributed by atoms with Gasteiger partial charge in [-0.05, 0) is 93.7 Å². The van der Waals surface area contributed by atoms with Crippen molar-refractivity contribution in [1.29, 1.82) is 0 Å². The number of benzene rings is 1. The predicted octanol–water partition coefficient (Wildman–Crippen LogP) is 8.69. The zero-order valence-corrected chi connectivity index (χ0v) is 33.3. The van der Waals surface area contributed by atoms with Crippen molar-refractivity contribution in [2.45, 2.75) is 95.1 Å². The third kappa shape index (κ3) is 10.1. The molecule has 4 atom stereocenters. The highest BCUT2D eigenvalue weighted by Crippen LogP contribution is 2.43. The van der Waals surface area contributed by atoms with Gasteiger partial charge in [-0.3, -0.25) is 14.6 Å². The SMILES string of the molecule is CCOCCC1N(C(=O)c2cnccc2C(F)(F)F)CCC[C@@]1(Oc1csc(C(F)(F)F)c1)C(=O)N1CCC(Cc2ccccc2OCCC2CCC[C@H]2CO)CC1. The van der Waals surface area contributed by atoms with Crippen LogP contribution in [-0.2, 0) is 28.3 Å². The summed E-state index contributed by atoms with van der Waals surface area (Å²) >= 11 is 0.403. The number of piperidine rings is 2. The molecule has 1 saturated carbocycles. The van der Waals surface area contributed by atoms with Gasteiger partial charge in [0, 0.05) is 69.7 Å². The minimum absolute atomic E-state index is 0.00612. The second-order valence-corrected chi connectivity index (χ2v) is 16.4. The average Bonchev–Trinajstić information content (AvgIpc) is 3.88. The van der Waals surface area contributed by atoms with Crippen LogP contribution in [0.25, 0.3) is 0 Å². The number of para-hydroxylation sites is 1. The summed E-state index contributed by atoms with van der Waals surface area (Å²) in [6, 6.07) is 8.19. The van der Waals surface area contributed by atoms with Gasteiger partial charge in [0.15, 0.2) is 0 Å². The number of aliphatic hydroxyl groups is 1. The number of amides is 2. The number of pyridine rings is 1. The Morgan fingerprint density at radius 1 is 0.948 bits per heavy atom. The van der Waals surface area contributed by atoms with Gasteiger partial charge in [0.2, 0.25) is 5.60 Å². The molecule has 2 aliphatic heterocycles. The quantitative estimate of drug-likeness (QED) is 0.121. The summed E-state index contributed by atoms with van der Waals surface area (Å²) in [5, 5.41) is 10.9. The number of thiophene rings is 1. The molecular weight excluding hydrogens is 789 g/mol. The molecule has 1 N–H and O–H groups in total. The molecule has 1 aliphatic carbocycles. The lowest BCUT2D eigenvalue weighted by atomic mass is 9.79. The Morgan fingerprint density at radius 3 is 2.41 bits per heavy atom. The number of aromatic nitrogens is 1. The Bertz CT molecular complexity index is 1830. The second-order valence-electron chi connectivity index (χ2n) is 15.5. The maximum absolute atomic E-state index is 15.0. The number of carbonyl (C=O) groups excluding carboxylic acids is 2. The van der Waals surface area contributed by atoms with Crippen LogP contribution < -0.4 is 9.47 Å². The van der Waals surface area contributed by atoms with Crippen LogP contribution in [0.1, 0.15) is 91.1 Å². The van der Waals surface area contributed by atoms with Crippen molar-refractivity contribution in [3.63, 3.8) is 0 Å². The van der Waals surface area contributed by atoms with E-state index in [1.807, 2.05) is 24.3 Å². The summed E-state index contributed by atoms with van der Waals surface area (Å²) in [5.74, 6) is -0.0335. The van der Waals surface area contributed by atoms with Crippen molar-refractivity contribution >= 4 is 23.2 Å². The van der Waals surface area contributed by atoms with Crippen LogP contribution in [0.15, 0.2) is 54.2 Å². The minimum Gasteiger partial charge on any atom is -0.493 e. The van der Waals surface area contributed by atoms with Crippen molar-refractivity contribution in [3.05, 3.63) is 75.7 Å². The van der Waals surface area contributed by atoms with E-state index in [9.17, 15) is 36.2 Å². The lowest BCUT2D eigenvalue weighted by Crippen LogP contribution is -2.68. The summed E-state index contributed by atoms with van der Waals surface area (Å²) in [7, 11) is 0. The number of likely N-dealkylation sites (tertiary alicyclic amines) is 2. The van der Waals surface area contributed by atoms with E-state index in [1.165, 1.54) is 4.90 Å². The van der Waals surface area contributed by atoms with Crippen molar-refractivity contribution in [2.24, 2.45) is 17.8 Å². The molecule has 16 heteroatoms. The van der Waals surface area contributed by atoms with Gasteiger partial charge >= 0.3 is 12.4 Å². The summed E-state index contributed by atoms with van der Waals surface area (Å²) < 4.78 is 102. The fraction of sp³-hybridized carbons (Fsp3) is 0.595. The van der Waals surface area contributed by atoms with Crippen molar-refractivity contribution in [3.8, 4) is 11.5 Å². The lowest BCUT2D eigenvalue weighted by Gasteiger charge is -2.50. The number of nitrogens with zero attached hydrogens (tertiary/aromatic N) is 3. The molecule has 318 valence electrons. The van der Waals surface area contributed by atoms with Gasteiger partial charge in [0.05, 0.1) is 23.8 Å². The van der Waals surface area contributed by atoms with Gasteiger partial charge in [-0.25, -0.2) is 0 Å². The Balaban J connectivity index is 1.24. The third-order valence-electron chi connectivity index (χ3n) is 11.9. The number of ether oxygens (including phenoxy) is 3. The van der Waals surface area contributed by atoms with Gasteiger partial charge in [-0.2, -0.15) is 26.3 Å². The van der Waals surface area contributed by atoms with E-state index in [-0.39, 0.29) is 57.3 Å². The highest BCUT2D eigenvalue weighted by atomic mass is 32.1. The van der Waals surface area contributed by atoms with Crippen LogP contribution in [-0.4, -0.2) is 89.4 Å². The van der Waals surface area contributed by atoms with E-state index >= 15 is 4.79 Å². The molecule has 3 fully saturated rings. The molecule has 0 spiro atoms. The van der Waals surface area contributed by atoms with Crippen LogP contribution in [0.5, 0.6) is 11.5 Å². The largest absolute Gasteiger partial charge is 0.493 e. The molecule has 2 aromatic heterocycles. The number of hydrogen-bond donors (Lipinski definition) is 1. The molecular formula is C42H51F6N3O6S. The smallest absolute Gasteiger partial charge is 0.425 e. The summed E-state index contributed by atoms with van der Waals surface area (Å²) in [4.78, 5) is 34.9. The number of rotatable bonds is 15. The number of carbonyl (C=O) groups is 2. The number of alkyl halides is 6. The Kier molecular flexibility index (Phi) is 14.3. The van der Waals surface area contributed by atoms with Gasteiger partial charge < -0.3 is 29.1 Å². The van der Waals surface area contributed by atoms with E-state index < -0.39 is 51.8 Å². The normalized spacial score (nSPS) is 23.3. The summed E-state index contributed by atoms with van der Waals surface area (Å²) in [5.41, 5.74) is -2.78. The van der Waals surface area contributed by atoms with Gasteiger partial charge in [0.1, 0.15) is 16.4 Å². The van der Waals surface area contributed by atoms with Crippen molar-refractivity contribution in [1.82, 2.24) is 14.8 Å². The Labute approximate surface area is 338 Å². The molecule has 0 radical (unpaired) electrons. The molecule has 3 aromatic rings. The van der Waals surface area contributed by atoms with E-state index in [1.54, 1.807) is 11.8 Å². The fourth-order valence-corrected chi connectivity index (χ4v) is 9.63. The molecule has 1 aromatic carbocycles. The van der Waals surface area contributed by atoms with Crippen molar-refractivity contribution < 1.29 is 55.2 Å². The fourth-order valence-electron chi connectivity index (χ4n) is 8.95. The minimum atomic E-state index is -4.88. The second kappa shape index (κ2) is 19.0. The van der Waals surface area contributed by atoms with E-state index in [2.05, 4.69) is 4.98 Å². The zero-order valence-electron chi connectivity index (χ0n) is 32.5. The Hall–Kier alpha value is -3.89. The molecule has 6 rings (SSSR count). The molecule has 9 nitrogen and oxygen atoms in total. The van der Waals surface area contributed by atoms with Crippen LogP contribution >= 0.6 is 11.3 Å².